The number of aromatic nitrogens is 1. The number of hydrogen-bond acceptors (Lipinski definition) is 4. The summed E-state index contributed by atoms with van der Waals surface area (Å²) < 4.78 is 47.2. The van der Waals surface area contributed by atoms with Gasteiger partial charge in [-0.1, -0.05) is 29.8 Å². The molecule has 1 aliphatic rings. The highest BCUT2D eigenvalue weighted by Crippen LogP contribution is 2.43. The number of methoxy groups -OCH3 is 1. The summed E-state index contributed by atoms with van der Waals surface area (Å²) >= 11 is 6.09. The highest BCUT2D eigenvalue weighted by molar-refractivity contribution is 7.93. The minimum absolute atomic E-state index is 0.0687. The van der Waals surface area contributed by atoms with E-state index in [-0.39, 0.29) is 17.7 Å². The maximum atomic E-state index is 16.3. The lowest BCUT2D eigenvalue weighted by molar-refractivity contribution is -0.152. The Morgan fingerprint density at radius 1 is 1.24 bits per heavy atom. The summed E-state index contributed by atoms with van der Waals surface area (Å²) in [7, 11) is -3.63. The average Bonchev–Trinajstić information content (AvgIpc) is 3.10. The number of hydrogen-bond donors (Lipinski definition) is 1. The molecule has 152 valence electrons. The molecule has 1 N–H and O–H groups in total. The van der Waals surface area contributed by atoms with Gasteiger partial charge in [0.05, 0.1) is 12.0 Å². The zero-order valence-electron chi connectivity index (χ0n) is 15.6. The molecule has 0 bridgehead atoms. The van der Waals surface area contributed by atoms with Gasteiger partial charge in [0.25, 0.3) is 0 Å². The number of carbonyl (C=O) groups excluding carboxylic acids is 1. The van der Waals surface area contributed by atoms with Gasteiger partial charge in [0.15, 0.2) is 0 Å². The van der Waals surface area contributed by atoms with E-state index >= 15 is 4.39 Å². The first-order valence-corrected chi connectivity index (χ1v) is 11.0. The molecule has 0 amide bonds. The monoisotopic (exact) mass is 435 g/mol. The van der Waals surface area contributed by atoms with E-state index in [1.54, 1.807) is 12.1 Å². The number of ether oxygens (including phenoxy) is 1. The molecule has 5 nitrogen and oxygen atoms in total. The number of carbonyl (C=O) groups is 1. The Labute approximate surface area is 172 Å². The normalized spacial score (nSPS) is 18.8. The van der Waals surface area contributed by atoms with E-state index in [9.17, 15) is 13.2 Å². The molecule has 0 spiro atoms. The molecule has 0 fully saturated rings. The Morgan fingerprint density at radius 2 is 1.97 bits per heavy atom. The number of esters is 1. The van der Waals surface area contributed by atoms with Crippen LogP contribution in [0.1, 0.15) is 17.7 Å². The molecular formula is C21H19ClFNO4S. The van der Waals surface area contributed by atoms with Crippen LogP contribution in [-0.2, 0) is 32.2 Å². The number of rotatable bonds is 4. The lowest BCUT2D eigenvalue weighted by atomic mass is 9.83. The van der Waals surface area contributed by atoms with Crippen LogP contribution in [-0.4, -0.2) is 31.5 Å². The topological polar surface area (TPSA) is 76.2 Å². The van der Waals surface area contributed by atoms with Gasteiger partial charge in [0, 0.05) is 27.5 Å². The summed E-state index contributed by atoms with van der Waals surface area (Å²) in [5.41, 5.74) is 2.53. The maximum absolute atomic E-state index is 16.3. The van der Waals surface area contributed by atoms with Crippen molar-refractivity contribution in [2.24, 2.45) is 5.92 Å². The summed E-state index contributed by atoms with van der Waals surface area (Å²) in [6, 6.07) is 12.6. The van der Waals surface area contributed by atoms with E-state index in [2.05, 4.69) is 9.72 Å². The molecule has 1 heterocycles. The fourth-order valence-electron chi connectivity index (χ4n) is 4.13. The van der Waals surface area contributed by atoms with Crippen LogP contribution in [0.3, 0.4) is 0 Å². The van der Waals surface area contributed by atoms with Gasteiger partial charge in [0.1, 0.15) is 0 Å². The summed E-state index contributed by atoms with van der Waals surface area (Å²) in [5.74, 6) is -2.48. The Kier molecular flexibility index (Phi) is 4.91. The van der Waals surface area contributed by atoms with Crippen molar-refractivity contribution in [2.45, 2.75) is 29.2 Å². The second-order valence-electron chi connectivity index (χ2n) is 7.16. The molecule has 0 aliphatic heterocycles. The van der Waals surface area contributed by atoms with Gasteiger partial charge >= 0.3 is 11.0 Å². The summed E-state index contributed by atoms with van der Waals surface area (Å²) in [4.78, 5) is 15.5. The number of H-pyrrole nitrogens is 1. The van der Waals surface area contributed by atoms with Crippen molar-refractivity contribution in [1.82, 2.24) is 4.98 Å². The third kappa shape index (κ3) is 3.04. The summed E-state index contributed by atoms with van der Waals surface area (Å²) in [6.45, 7) is 0. The van der Waals surface area contributed by atoms with Gasteiger partial charge in [-0.05, 0) is 55.2 Å². The van der Waals surface area contributed by atoms with Crippen LogP contribution in [0.5, 0.6) is 0 Å². The molecule has 0 saturated heterocycles. The Balaban J connectivity index is 1.80. The summed E-state index contributed by atoms with van der Waals surface area (Å²) in [5, 5.41) is -1.67. The van der Waals surface area contributed by atoms with E-state index in [1.165, 1.54) is 24.3 Å². The van der Waals surface area contributed by atoms with Crippen LogP contribution in [0.2, 0.25) is 5.02 Å². The van der Waals surface area contributed by atoms with Crippen molar-refractivity contribution in [2.75, 3.05) is 7.11 Å². The van der Waals surface area contributed by atoms with Crippen molar-refractivity contribution in [1.29, 1.82) is 0 Å². The van der Waals surface area contributed by atoms with Crippen LogP contribution in [0.4, 0.5) is 4.39 Å². The first-order valence-electron chi connectivity index (χ1n) is 9.15. The molecule has 2 atom stereocenters. The molecule has 8 heteroatoms. The number of aryl methyl sites for hydroxylation is 1. The highest BCUT2D eigenvalue weighted by Gasteiger charge is 2.59. The molecule has 3 aromatic rings. The molecule has 1 aliphatic carbocycles. The molecule has 0 unspecified atom stereocenters. The molecule has 0 radical (unpaired) electrons. The van der Waals surface area contributed by atoms with Gasteiger partial charge < -0.3 is 9.72 Å². The smallest absolute Gasteiger partial charge is 0.360 e. The van der Waals surface area contributed by atoms with Gasteiger partial charge in [0.2, 0.25) is 9.84 Å². The number of nitrogens with one attached hydrogen (secondary N) is 1. The second kappa shape index (κ2) is 7.15. The lowest BCUT2D eigenvalue weighted by Gasteiger charge is -2.33. The number of benzene rings is 2. The number of sulfone groups is 1. The zero-order valence-corrected chi connectivity index (χ0v) is 17.2. The van der Waals surface area contributed by atoms with Crippen molar-refractivity contribution in [3.63, 3.8) is 0 Å². The van der Waals surface area contributed by atoms with E-state index in [1.807, 2.05) is 12.1 Å². The maximum Gasteiger partial charge on any atom is 0.360 e. The molecular weight excluding hydrogens is 417 g/mol. The first kappa shape index (κ1) is 19.9. The van der Waals surface area contributed by atoms with Crippen LogP contribution in [0, 0.1) is 5.92 Å². The molecule has 29 heavy (non-hydrogen) atoms. The fourth-order valence-corrected chi connectivity index (χ4v) is 6.10. The number of halogens is 2. The number of alkyl halides is 1. The average molecular weight is 436 g/mol. The largest absolute Gasteiger partial charge is 0.466 e. The van der Waals surface area contributed by atoms with Crippen LogP contribution < -0.4 is 0 Å². The predicted molar refractivity (Wildman–Crippen MR) is 108 cm³/mol. The van der Waals surface area contributed by atoms with E-state index in [0.29, 0.717) is 17.1 Å². The van der Waals surface area contributed by atoms with E-state index < -0.39 is 26.7 Å². The quantitative estimate of drug-likeness (QED) is 0.622. The van der Waals surface area contributed by atoms with E-state index in [0.717, 1.165) is 23.6 Å². The summed E-state index contributed by atoms with van der Waals surface area (Å²) in [6.07, 6.45) is 0.677. The number of fused-ring (bicyclic) bond motifs is 3. The first-order chi connectivity index (χ1) is 13.8. The molecule has 1 aromatic heterocycles. The number of aromatic amines is 1. The van der Waals surface area contributed by atoms with Crippen LogP contribution >= 0.6 is 11.6 Å². The highest BCUT2D eigenvalue weighted by atomic mass is 35.5. The lowest BCUT2D eigenvalue weighted by Crippen LogP contribution is -2.51. The third-order valence-electron chi connectivity index (χ3n) is 5.58. The van der Waals surface area contributed by atoms with Gasteiger partial charge in [-0.15, -0.1) is 0 Å². The fraction of sp³-hybridized carbons (Fsp3) is 0.286. The van der Waals surface area contributed by atoms with Gasteiger partial charge in [-0.2, -0.15) is 0 Å². The molecule has 2 aromatic carbocycles. The predicted octanol–water partition coefficient (Wildman–Crippen LogP) is 4.24. The van der Waals surface area contributed by atoms with Crippen LogP contribution in [0.15, 0.2) is 53.4 Å². The van der Waals surface area contributed by atoms with Crippen molar-refractivity contribution < 1.29 is 22.3 Å². The minimum atomic E-state index is -4.63. The second-order valence-corrected chi connectivity index (χ2v) is 9.67. The molecule has 4 rings (SSSR count). The SMILES string of the molecule is COC(=O)[C@@](F)([C@H]1CCc2c([nH]c3ccc(Cl)cc23)C1)S(=O)(=O)c1ccccc1. The van der Waals surface area contributed by atoms with Crippen LogP contribution in [0.25, 0.3) is 10.9 Å². The Morgan fingerprint density at radius 3 is 2.66 bits per heavy atom. The minimum Gasteiger partial charge on any atom is -0.466 e. The zero-order chi connectivity index (χ0) is 20.8. The van der Waals surface area contributed by atoms with Gasteiger partial charge in [-0.25, -0.2) is 17.6 Å². The Bertz CT molecular complexity index is 1190. The van der Waals surface area contributed by atoms with Crippen molar-refractivity contribution >= 4 is 38.3 Å². The van der Waals surface area contributed by atoms with Crippen molar-refractivity contribution in [3.05, 3.63) is 64.8 Å². The van der Waals surface area contributed by atoms with Crippen molar-refractivity contribution in [3.8, 4) is 0 Å². The standard InChI is InChI=1S/C21H19ClFNO4S/c1-28-20(25)21(23,29(26,27)15-5-3-2-4-6-15)13-7-9-16-17-12-14(22)8-10-18(17)24-19(16)11-13/h2-6,8,10,12-13,24H,7,9,11H2,1H3/t13-,21+/m0/s1. The van der Waals surface area contributed by atoms with Gasteiger partial charge in [-0.3, -0.25) is 0 Å². The third-order valence-corrected chi connectivity index (χ3v) is 7.99. The molecule has 0 saturated carbocycles. The van der Waals surface area contributed by atoms with E-state index in [4.69, 9.17) is 11.6 Å². The Hall–Kier alpha value is -2.38.